The minimum Gasteiger partial charge on any atom is -0.493 e. The van der Waals surface area contributed by atoms with Gasteiger partial charge >= 0.3 is 12.0 Å². The zero-order valence-corrected chi connectivity index (χ0v) is 16.5. The third-order valence-electron chi connectivity index (χ3n) is 5.05. The molecule has 0 bridgehead atoms. The van der Waals surface area contributed by atoms with Crippen LogP contribution in [0.3, 0.4) is 0 Å². The first kappa shape index (κ1) is 20.4. The molecule has 2 aromatic carbocycles. The Kier molecular flexibility index (Phi) is 5.91. The molecule has 2 amide bonds. The maximum Gasteiger partial charge on any atom is 0.322 e. The summed E-state index contributed by atoms with van der Waals surface area (Å²) in [6.45, 7) is 1.95. The number of carbonyl (C=O) groups excluding carboxylic acids is 1. The Hall–Kier alpha value is -3.29. The van der Waals surface area contributed by atoms with Gasteiger partial charge in [-0.15, -0.1) is 0 Å². The van der Waals surface area contributed by atoms with Crippen LogP contribution in [0.2, 0.25) is 0 Å². The van der Waals surface area contributed by atoms with Crippen molar-refractivity contribution in [2.45, 2.75) is 25.8 Å². The molecular weight excluding hydrogens is 379 g/mol. The van der Waals surface area contributed by atoms with Crippen molar-refractivity contribution in [3.63, 3.8) is 0 Å². The van der Waals surface area contributed by atoms with Crippen molar-refractivity contribution in [2.24, 2.45) is 0 Å². The van der Waals surface area contributed by atoms with Gasteiger partial charge in [-0.05, 0) is 54.3 Å². The molecule has 0 saturated carbocycles. The van der Waals surface area contributed by atoms with Crippen molar-refractivity contribution in [2.75, 3.05) is 26.1 Å². The minimum absolute atomic E-state index is 0.266. The number of carbonyl (C=O) groups is 2. The van der Waals surface area contributed by atoms with Crippen LogP contribution in [0.5, 0.6) is 11.5 Å². The number of aryl methyl sites for hydroxylation is 1. The van der Waals surface area contributed by atoms with E-state index in [2.05, 4.69) is 5.32 Å². The first-order chi connectivity index (χ1) is 13.8. The molecule has 1 heterocycles. The third-order valence-corrected chi connectivity index (χ3v) is 5.05. The lowest BCUT2D eigenvalue weighted by molar-refractivity contribution is -0.138. The van der Waals surface area contributed by atoms with Gasteiger partial charge in [0.15, 0.2) is 11.5 Å². The second-order valence-electron chi connectivity index (χ2n) is 6.86. The van der Waals surface area contributed by atoms with Crippen LogP contribution in [0.25, 0.3) is 0 Å². The molecule has 0 aliphatic carbocycles. The molecule has 0 saturated heterocycles. The molecule has 0 radical (unpaired) electrons. The predicted octanol–water partition coefficient (Wildman–Crippen LogP) is 3.76. The number of anilines is 1. The topological polar surface area (TPSA) is 88.1 Å². The number of rotatable bonds is 5. The molecule has 1 unspecified atom stereocenters. The van der Waals surface area contributed by atoms with Crippen LogP contribution in [0.4, 0.5) is 14.9 Å². The molecule has 3 rings (SSSR count). The van der Waals surface area contributed by atoms with Gasteiger partial charge in [-0.3, -0.25) is 4.79 Å². The average Bonchev–Trinajstić information content (AvgIpc) is 2.69. The molecule has 1 atom stereocenters. The van der Waals surface area contributed by atoms with Gasteiger partial charge in [0.25, 0.3) is 0 Å². The second kappa shape index (κ2) is 8.38. The fourth-order valence-electron chi connectivity index (χ4n) is 3.52. The van der Waals surface area contributed by atoms with E-state index in [9.17, 15) is 19.1 Å². The van der Waals surface area contributed by atoms with E-state index in [-0.39, 0.29) is 6.42 Å². The average molecular weight is 402 g/mol. The third kappa shape index (κ3) is 4.26. The van der Waals surface area contributed by atoms with Gasteiger partial charge in [-0.25, -0.2) is 9.18 Å². The van der Waals surface area contributed by atoms with Crippen LogP contribution in [0.1, 0.15) is 29.2 Å². The van der Waals surface area contributed by atoms with Crippen LogP contribution < -0.4 is 14.8 Å². The van der Waals surface area contributed by atoms with E-state index < -0.39 is 23.9 Å². The highest BCUT2D eigenvalue weighted by Gasteiger charge is 2.33. The highest BCUT2D eigenvalue weighted by atomic mass is 19.1. The molecule has 0 fully saturated rings. The Morgan fingerprint density at radius 3 is 2.52 bits per heavy atom. The molecule has 1 aliphatic heterocycles. The monoisotopic (exact) mass is 402 g/mol. The van der Waals surface area contributed by atoms with Gasteiger partial charge in [-0.2, -0.15) is 0 Å². The first-order valence-electron chi connectivity index (χ1n) is 9.14. The molecule has 29 heavy (non-hydrogen) atoms. The van der Waals surface area contributed by atoms with E-state index in [0.29, 0.717) is 41.3 Å². The predicted molar refractivity (Wildman–Crippen MR) is 105 cm³/mol. The maximum atomic E-state index is 13.8. The number of nitrogens with one attached hydrogen (secondary N) is 1. The number of carboxylic acids is 1. The van der Waals surface area contributed by atoms with Crippen molar-refractivity contribution < 1.29 is 28.6 Å². The SMILES string of the molecule is COc1cc2c(cc1OC)C(CC(=O)O)N(C(=O)Nc1ccc(C)c(F)c1)CC2. The summed E-state index contributed by atoms with van der Waals surface area (Å²) in [7, 11) is 3.03. The number of methoxy groups -OCH3 is 2. The fourth-order valence-corrected chi connectivity index (χ4v) is 3.52. The molecule has 2 aromatic rings. The number of fused-ring (bicyclic) bond motifs is 1. The smallest absolute Gasteiger partial charge is 0.322 e. The van der Waals surface area contributed by atoms with E-state index in [0.717, 1.165) is 5.56 Å². The minimum atomic E-state index is -1.03. The summed E-state index contributed by atoms with van der Waals surface area (Å²) >= 11 is 0. The van der Waals surface area contributed by atoms with Gasteiger partial charge in [0.1, 0.15) is 5.82 Å². The summed E-state index contributed by atoms with van der Waals surface area (Å²) in [4.78, 5) is 25.8. The summed E-state index contributed by atoms with van der Waals surface area (Å²) in [5.74, 6) is -0.444. The summed E-state index contributed by atoms with van der Waals surface area (Å²) in [5.41, 5.74) is 2.38. The van der Waals surface area contributed by atoms with Crippen molar-refractivity contribution in [1.82, 2.24) is 4.90 Å². The van der Waals surface area contributed by atoms with Crippen molar-refractivity contribution in [3.05, 3.63) is 52.8 Å². The molecule has 7 nitrogen and oxygen atoms in total. The van der Waals surface area contributed by atoms with Crippen molar-refractivity contribution in [3.8, 4) is 11.5 Å². The van der Waals surface area contributed by atoms with Gasteiger partial charge in [-0.1, -0.05) is 6.07 Å². The Labute approximate surface area is 168 Å². The van der Waals surface area contributed by atoms with Crippen molar-refractivity contribution >= 4 is 17.7 Å². The Morgan fingerprint density at radius 2 is 1.90 bits per heavy atom. The number of amides is 2. The molecule has 2 N–H and O–H groups in total. The summed E-state index contributed by atoms with van der Waals surface area (Å²) in [5, 5.41) is 12.1. The molecule has 154 valence electrons. The lowest BCUT2D eigenvalue weighted by atomic mass is 9.90. The van der Waals surface area contributed by atoms with Gasteiger partial charge in [0.2, 0.25) is 0 Å². The number of benzene rings is 2. The van der Waals surface area contributed by atoms with Gasteiger partial charge in [0.05, 0.1) is 26.7 Å². The lowest BCUT2D eigenvalue weighted by Gasteiger charge is -2.37. The molecule has 0 aromatic heterocycles. The highest BCUT2D eigenvalue weighted by Crippen LogP contribution is 2.39. The molecule has 0 spiro atoms. The summed E-state index contributed by atoms with van der Waals surface area (Å²) in [6, 6.07) is 6.77. The number of hydrogen-bond donors (Lipinski definition) is 2. The molecule has 1 aliphatic rings. The number of carboxylic acid groups (broad SMARTS) is 1. The van der Waals surface area contributed by atoms with Gasteiger partial charge < -0.3 is 24.8 Å². The fraction of sp³-hybridized carbons (Fsp3) is 0.333. The number of hydrogen-bond acceptors (Lipinski definition) is 4. The van der Waals surface area contributed by atoms with Crippen LogP contribution in [-0.4, -0.2) is 42.8 Å². The normalized spacial score (nSPS) is 15.4. The van der Waals surface area contributed by atoms with Crippen LogP contribution in [-0.2, 0) is 11.2 Å². The Balaban J connectivity index is 1.93. The maximum absolute atomic E-state index is 13.8. The van der Waals surface area contributed by atoms with Crippen LogP contribution in [0.15, 0.2) is 30.3 Å². The number of ether oxygens (including phenoxy) is 2. The first-order valence-corrected chi connectivity index (χ1v) is 9.14. The Bertz CT molecular complexity index is 947. The Morgan fingerprint density at radius 1 is 1.21 bits per heavy atom. The number of halogens is 1. The van der Waals surface area contributed by atoms with Crippen LogP contribution in [0, 0.1) is 12.7 Å². The zero-order valence-electron chi connectivity index (χ0n) is 16.5. The molecular formula is C21H23FN2O5. The lowest BCUT2D eigenvalue weighted by Crippen LogP contribution is -2.43. The largest absolute Gasteiger partial charge is 0.493 e. The number of aliphatic carboxylic acids is 1. The number of urea groups is 1. The van der Waals surface area contributed by atoms with E-state index in [1.54, 1.807) is 25.1 Å². The van der Waals surface area contributed by atoms with E-state index in [1.807, 2.05) is 6.07 Å². The van der Waals surface area contributed by atoms with Gasteiger partial charge in [0, 0.05) is 12.2 Å². The zero-order chi connectivity index (χ0) is 21.1. The highest BCUT2D eigenvalue weighted by molar-refractivity contribution is 5.90. The molecule has 8 heteroatoms. The van der Waals surface area contributed by atoms with E-state index in [4.69, 9.17) is 9.47 Å². The van der Waals surface area contributed by atoms with E-state index in [1.165, 1.54) is 25.2 Å². The standard InChI is InChI=1S/C21H23FN2O5/c1-12-4-5-14(9-16(12)22)23-21(27)24-7-6-13-8-18(28-2)19(29-3)10-15(13)17(24)11-20(25)26/h4-5,8-10,17H,6-7,11H2,1-3H3,(H,23,27)(H,25,26). The quantitative estimate of drug-likeness (QED) is 0.795. The number of nitrogens with zero attached hydrogens (tertiary/aromatic N) is 1. The summed E-state index contributed by atoms with van der Waals surface area (Å²) in [6.07, 6.45) is 0.264. The van der Waals surface area contributed by atoms with Crippen molar-refractivity contribution in [1.29, 1.82) is 0 Å². The van der Waals surface area contributed by atoms with E-state index >= 15 is 0 Å². The second-order valence-corrected chi connectivity index (χ2v) is 6.86. The van der Waals surface area contributed by atoms with Crippen LogP contribution >= 0.6 is 0 Å². The summed E-state index contributed by atoms with van der Waals surface area (Å²) < 4.78 is 24.5.